The molecule has 4 aromatic rings. The van der Waals surface area contributed by atoms with Gasteiger partial charge < -0.3 is 5.11 Å². The van der Waals surface area contributed by atoms with Crippen LogP contribution in [0.3, 0.4) is 0 Å². The van der Waals surface area contributed by atoms with Crippen molar-refractivity contribution in [1.82, 2.24) is 15.0 Å². The highest BCUT2D eigenvalue weighted by Gasteiger charge is 2.21. The van der Waals surface area contributed by atoms with Gasteiger partial charge in [-0.25, -0.2) is 15.0 Å². The van der Waals surface area contributed by atoms with Gasteiger partial charge in [-0.15, -0.1) is 0 Å². The van der Waals surface area contributed by atoms with E-state index in [1.165, 1.54) is 35.8 Å². The first-order chi connectivity index (χ1) is 18.6. The average Bonchev–Trinajstić information content (AvgIpc) is 2.96. The van der Waals surface area contributed by atoms with Gasteiger partial charge >= 0.3 is 0 Å². The van der Waals surface area contributed by atoms with Gasteiger partial charge in [-0.3, -0.25) is 0 Å². The van der Waals surface area contributed by atoms with Gasteiger partial charge in [0, 0.05) is 11.3 Å². The Morgan fingerprint density at radius 2 is 1.82 bits per heavy atom. The zero-order valence-corrected chi connectivity index (χ0v) is 23.1. The molecule has 5 rings (SSSR count). The van der Waals surface area contributed by atoms with Crippen LogP contribution in [0.15, 0.2) is 66.3 Å². The van der Waals surface area contributed by atoms with Gasteiger partial charge in [0.2, 0.25) is 0 Å². The Morgan fingerprint density at radius 3 is 2.58 bits per heavy atom. The standard InChI is InChI=1S/C33H35N3OS/c1-4-7-13-22(5-2)21-38-33-35-31(27-17-10-11-19-30(27)37)34-32(36-33)29-20-28-23(6-3)14-12-18-25(28)24-15-8-9-16-26(24)29/h6,9-12,14,16-20,22,37H,3-5,7-8,13,15,21H2,1-2H3. The second-order valence-electron chi connectivity index (χ2n) is 9.91. The molecule has 0 aliphatic heterocycles. The van der Waals surface area contributed by atoms with E-state index in [1.54, 1.807) is 17.8 Å². The Hall–Kier alpha value is -3.44. The summed E-state index contributed by atoms with van der Waals surface area (Å²) >= 11 is 1.70. The van der Waals surface area contributed by atoms with Crippen molar-refractivity contribution in [3.63, 3.8) is 0 Å². The van der Waals surface area contributed by atoms with Crippen molar-refractivity contribution in [3.05, 3.63) is 77.9 Å². The van der Waals surface area contributed by atoms with Crippen molar-refractivity contribution >= 4 is 34.7 Å². The molecule has 1 heterocycles. The third-order valence-corrected chi connectivity index (χ3v) is 8.51. The van der Waals surface area contributed by atoms with Gasteiger partial charge in [-0.2, -0.15) is 0 Å². The average molecular weight is 522 g/mol. The number of allylic oxidation sites excluding steroid dienone is 1. The van der Waals surface area contributed by atoms with Crippen LogP contribution >= 0.6 is 11.8 Å². The van der Waals surface area contributed by atoms with Crippen molar-refractivity contribution in [2.45, 2.75) is 57.5 Å². The van der Waals surface area contributed by atoms with E-state index in [0.29, 0.717) is 28.3 Å². The van der Waals surface area contributed by atoms with Crippen LogP contribution in [-0.2, 0) is 6.42 Å². The molecule has 1 aliphatic rings. The second-order valence-corrected chi connectivity index (χ2v) is 10.9. The number of hydrogen-bond acceptors (Lipinski definition) is 5. The first-order valence-corrected chi connectivity index (χ1v) is 14.7. The third-order valence-electron chi connectivity index (χ3n) is 7.43. The molecular formula is C33H35N3OS. The van der Waals surface area contributed by atoms with E-state index in [9.17, 15) is 5.11 Å². The minimum Gasteiger partial charge on any atom is -0.507 e. The predicted octanol–water partition coefficient (Wildman–Crippen LogP) is 8.98. The number of hydrogen-bond donors (Lipinski definition) is 1. The molecule has 1 N–H and O–H groups in total. The first-order valence-electron chi connectivity index (χ1n) is 13.7. The number of aryl methyl sites for hydroxylation is 1. The van der Waals surface area contributed by atoms with E-state index in [1.807, 2.05) is 24.3 Å². The number of phenols is 1. The molecule has 0 spiro atoms. The van der Waals surface area contributed by atoms with Crippen molar-refractivity contribution in [2.24, 2.45) is 5.92 Å². The molecule has 4 nitrogen and oxygen atoms in total. The zero-order chi connectivity index (χ0) is 26.5. The number of aromatic hydroxyl groups is 1. The van der Waals surface area contributed by atoms with Crippen LogP contribution in [-0.4, -0.2) is 25.8 Å². The smallest absolute Gasteiger partial charge is 0.191 e. The molecule has 38 heavy (non-hydrogen) atoms. The Bertz CT molecular complexity index is 1490. The molecule has 0 bridgehead atoms. The molecule has 1 unspecified atom stereocenters. The van der Waals surface area contributed by atoms with E-state index in [4.69, 9.17) is 15.0 Å². The number of thioether (sulfide) groups is 1. The maximum atomic E-state index is 10.6. The summed E-state index contributed by atoms with van der Waals surface area (Å²) in [7, 11) is 0. The van der Waals surface area contributed by atoms with E-state index in [0.717, 1.165) is 41.5 Å². The highest BCUT2D eigenvalue weighted by molar-refractivity contribution is 7.99. The predicted molar refractivity (Wildman–Crippen MR) is 161 cm³/mol. The normalized spacial score (nSPS) is 13.4. The molecule has 1 atom stereocenters. The molecule has 194 valence electrons. The Labute approximate surface area is 230 Å². The van der Waals surface area contributed by atoms with Crippen LogP contribution in [0.2, 0.25) is 0 Å². The monoisotopic (exact) mass is 521 g/mol. The van der Waals surface area contributed by atoms with Gasteiger partial charge in [0.1, 0.15) is 5.75 Å². The van der Waals surface area contributed by atoms with Gasteiger partial charge in [0.05, 0.1) is 5.56 Å². The number of para-hydroxylation sites is 1. The molecule has 3 aromatic carbocycles. The van der Waals surface area contributed by atoms with Gasteiger partial charge in [0.25, 0.3) is 0 Å². The lowest BCUT2D eigenvalue weighted by Gasteiger charge is -2.19. The number of unbranched alkanes of at least 4 members (excludes halogenated alkanes) is 1. The van der Waals surface area contributed by atoms with Crippen molar-refractivity contribution < 1.29 is 5.11 Å². The molecule has 0 radical (unpaired) electrons. The lowest BCUT2D eigenvalue weighted by molar-refractivity contribution is 0.476. The van der Waals surface area contributed by atoms with Crippen LogP contribution in [0, 0.1) is 5.92 Å². The summed E-state index contributed by atoms with van der Waals surface area (Å²) in [5.41, 5.74) is 5.22. The first kappa shape index (κ1) is 26.2. The highest BCUT2D eigenvalue weighted by Crippen LogP contribution is 2.38. The van der Waals surface area contributed by atoms with Gasteiger partial charge in [-0.05, 0) is 70.8 Å². The molecule has 0 amide bonds. The Morgan fingerprint density at radius 1 is 1.00 bits per heavy atom. The molecule has 0 saturated carbocycles. The summed E-state index contributed by atoms with van der Waals surface area (Å²) in [6.07, 6.45) is 13.2. The summed E-state index contributed by atoms with van der Waals surface area (Å²) in [5, 5.41) is 13.8. The lowest BCUT2D eigenvalue weighted by atomic mass is 9.86. The summed E-state index contributed by atoms with van der Waals surface area (Å²) in [5.74, 6) is 2.91. The number of aromatic nitrogens is 3. The number of phenolic OH excluding ortho intramolecular Hbond substituents is 1. The summed E-state index contributed by atoms with van der Waals surface area (Å²) in [6, 6.07) is 15.9. The van der Waals surface area contributed by atoms with Gasteiger partial charge in [-0.1, -0.05) is 100 Å². The van der Waals surface area contributed by atoms with Crippen LogP contribution < -0.4 is 0 Å². The Balaban J connectivity index is 1.67. The number of fused-ring (bicyclic) bond motifs is 3. The fraction of sp³-hybridized carbons (Fsp3) is 0.303. The van der Waals surface area contributed by atoms with E-state index < -0.39 is 0 Å². The van der Waals surface area contributed by atoms with Crippen LogP contribution in [0.1, 0.15) is 62.6 Å². The molecule has 0 saturated heterocycles. The Kier molecular flexibility index (Phi) is 8.23. The van der Waals surface area contributed by atoms with Crippen LogP contribution in [0.25, 0.3) is 45.7 Å². The van der Waals surface area contributed by atoms with E-state index in [-0.39, 0.29) is 5.75 Å². The number of benzene rings is 3. The summed E-state index contributed by atoms with van der Waals surface area (Å²) in [6.45, 7) is 8.56. The molecule has 0 fully saturated rings. The largest absolute Gasteiger partial charge is 0.507 e. The van der Waals surface area contributed by atoms with Crippen molar-refractivity contribution in [3.8, 4) is 28.5 Å². The molecule has 5 heteroatoms. The van der Waals surface area contributed by atoms with Crippen LogP contribution in [0.5, 0.6) is 5.75 Å². The lowest BCUT2D eigenvalue weighted by Crippen LogP contribution is -2.06. The second kappa shape index (κ2) is 12.0. The third kappa shape index (κ3) is 5.39. The maximum Gasteiger partial charge on any atom is 0.191 e. The van der Waals surface area contributed by atoms with E-state index in [2.05, 4.69) is 56.8 Å². The fourth-order valence-electron chi connectivity index (χ4n) is 5.20. The molecule has 1 aromatic heterocycles. The van der Waals surface area contributed by atoms with Crippen molar-refractivity contribution in [2.75, 3.05) is 5.75 Å². The zero-order valence-electron chi connectivity index (χ0n) is 22.3. The minimum absolute atomic E-state index is 0.171. The molecular weight excluding hydrogens is 486 g/mol. The number of nitrogens with zero attached hydrogens (tertiary/aromatic N) is 3. The molecule has 1 aliphatic carbocycles. The fourth-order valence-corrected chi connectivity index (χ4v) is 6.29. The van der Waals surface area contributed by atoms with Crippen molar-refractivity contribution in [1.29, 1.82) is 0 Å². The summed E-state index contributed by atoms with van der Waals surface area (Å²) < 4.78 is 0. The maximum absolute atomic E-state index is 10.6. The quantitative estimate of drug-likeness (QED) is 0.211. The summed E-state index contributed by atoms with van der Waals surface area (Å²) in [4.78, 5) is 14.8. The number of rotatable bonds is 10. The topological polar surface area (TPSA) is 58.9 Å². The minimum atomic E-state index is 0.171. The van der Waals surface area contributed by atoms with E-state index >= 15 is 0 Å². The van der Waals surface area contributed by atoms with Gasteiger partial charge in [0.15, 0.2) is 16.8 Å². The highest BCUT2D eigenvalue weighted by atomic mass is 32.2. The van der Waals surface area contributed by atoms with Crippen LogP contribution in [0.4, 0.5) is 0 Å². The SMILES string of the molecule is C=Cc1cccc2c3c(c(-c4nc(SCC(CC)CCCC)nc(-c5ccccc5O)n4)cc12)C=CCC3.